The highest BCUT2D eigenvalue weighted by molar-refractivity contribution is 7.46. The van der Waals surface area contributed by atoms with Gasteiger partial charge >= 0.3 is 7.82 Å². The summed E-state index contributed by atoms with van der Waals surface area (Å²) in [5.74, 6) is 0. The fourth-order valence-electron chi connectivity index (χ4n) is 0. The van der Waals surface area contributed by atoms with Crippen molar-refractivity contribution in [2.75, 3.05) is 20.3 Å². The van der Waals surface area contributed by atoms with Crippen molar-refractivity contribution in [1.29, 1.82) is 0 Å². The Bertz CT molecular complexity index is 95.2. The molecule has 0 saturated heterocycles. The van der Waals surface area contributed by atoms with Gasteiger partial charge in [0.25, 0.3) is 0 Å². The first-order chi connectivity index (χ1) is 4.47. The van der Waals surface area contributed by atoms with E-state index in [1.54, 1.807) is 0 Å². The molecule has 0 aliphatic heterocycles. The molecule has 0 aliphatic carbocycles. The van der Waals surface area contributed by atoms with Gasteiger partial charge in [0.15, 0.2) is 0 Å². The molecule has 0 unspecified atom stereocenters. The van der Waals surface area contributed by atoms with E-state index in [1.165, 1.54) is 0 Å². The molecule has 0 heterocycles. The molecule has 0 rings (SSSR count). The summed E-state index contributed by atoms with van der Waals surface area (Å²) in [5.41, 5.74) is 0. The lowest BCUT2D eigenvalue weighted by molar-refractivity contribution is 0.186. The van der Waals surface area contributed by atoms with Gasteiger partial charge in [-0.05, 0) is 0 Å². The molecule has 0 aromatic carbocycles. The van der Waals surface area contributed by atoms with Crippen LogP contribution in [0.3, 0.4) is 0 Å². The lowest BCUT2D eigenvalue weighted by Crippen LogP contribution is -1.85. The maximum absolute atomic E-state index is 9.47. The minimum atomic E-state index is -4.15. The summed E-state index contributed by atoms with van der Waals surface area (Å²) >= 11 is 0. The number of aliphatic hydroxyl groups is 2. The Morgan fingerprint density at radius 3 is 1.50 bits per heavy atom. The van der Waals surface area contributed by atoms with Crippen LogP contribution >= 0.6 is 7.82 Å². The molecular formula is C3H11O6P. The van der Waals surface area contributed by atoms with Gasteiger partial charge in [-0.15, -0.1) is 0 Å². The van der Waals surface area contributed by atoms with Crippen LogP contribution in [0.5, 0.6) is 0 Å². The standard InChI is InChI=1S/C2H6O2.CH5O4P/c3-1-2-4;1-5-6(2,3)4/h3-4H,1-2H2;1H3,(H2,2,3,4). The molecule has 10 heavy (non-hydrogen) atoms. The third kappa shape index (κ3) is 24.4. The zero-order valence-corrected chi connectivity index (χ0v) is 6.36. The second-order valence-corrected chi connectivity index (χ2v) is 2.47. The Morgan fingerprint density at radius 2 is 1.50 bits per heavy atom. The van der Waals surface area contributed by atoms with Crippen molar-refractivity contribution in [2.24, 2.45) is 0 Å². The van der Waals surface area contributed by atoms with E-state index in [2.05, 4.69) is 4.52 Å². The lowest BCUT2D eigenvalue weighted by Gasteiger charge is -1.93. The lowest BCUT2D eigenvalue weighted by atomic mass is 10.8. The van der Waals surface area contributed by atoms with E-state index < -0.39 is 7.82 Å². The first-order valence-corrected chi connectivity index (χ1v) is 3.84. The molecule has 0 aromatic rings. The molecule has 0 spiro atoms. The zero-order chi connectivity index (χ0) is 8.62. The average Bonchev–Trinajstić information content (AvgIpc) is 1.87. The van der Waals surface area contributed by atoms with Crippen molar-refractivity contribution in [1.82, 2.24) is 0 Å². The normalized spacial score (nSPS) is 10.1. The van der Waals surface area contributed by atoms with E-state index in [-0.39, 0.29) is 13.2 Å². The van der Waals surface area contributed by atoms with E-state index in [4.69, 9.17) is 20.0 Å². The molecule has 64 valence electrons. The molecule has 4 N–H and O–H groups in total. The smallest absolute Gasteiger partial charge is 0.394 e. The number of aliphatic hydroxyl groups excluding tert-OH is 2. The summed E-state index contributed by atoms with van der Waals surface area (Å²) in [6.07, 6.45) is 0. The second-order valence-electron chi connectivity index (χ2n) is 1.12. The van der Waals surface area contributed by atoms with Gasteiger partial charge in [0.2, 0.25) is 0 Å². The van der Waals surface area contributed by atoms with Crippen molar-refractivity contribution in [3.8, 4) is 0 Å². The topological polar surface area (TPSA) is 107 Å². The Balaban J connectivity index is 0. The molecule has 7 heteroatoms. The monoisotopic (exact) mass is 174 g/mol. The third-order valence-electron chi connectivity index (χ3n) is 0.338. The molecule has 0 aromatic heterocycles. The molecular weight excluding hydrogens is 163 g/mol. The number of phosphoric acid groups is 1. The maximum atomic E-state index is 9.47. The van der Waals surface area contributed by atoms with Crippen molar-refractivity contribution in [3.05, 3.63) is 0 Å². The van der Waals surface area contributed by atoms with Gasteiger partial charge < -0.3 is 20.0 Å². The van der Waals surface area contributed by atoms with Gasteiger partial charge in [-0.2, -0.15) is 0 Å². The van der Waals surface area contributed by atoms with E-state index in [9.17, 15) is 4.57 Å². The summed E-state index contributed by atoms with van der Waals surface area (Å²) < 4.78 is 13.1. The van der Waals surface area contributed by atoms with E-state index in [1.807, 2.05) is 0 Å². The van der Waals surface area contributed by atoms with Crippen LogP contribution in [0.1, 0.15) is 0 Å². The van der Waals surface area contributed by atoms with Gasteiger partial charge in [-0.3, -0.25) is 4.52 Å². The molecule has 0 atom stereocenters. The Hall–Kier alpha value is 0.0300. The van der Waals surface area contributed by atoms with Crippen molar-refractivity contribution in [3.63, 3.8) is 0 Å². The van der Waals surface area contributed by atoms with Crippen LogP contribution in [-0.2, 0) is 9.09 Å². The molecule has 0 aliphatic rings. The number of phosphoric ester groups is 1. The number of rotatable bonds is 2. The van der Waals surface area contributed by atoms with Crippen molar-refractivity contribution in [2.45, 2.75) is 0 Å². The van der Waals surface area contributed by atoms with Gasteiger partial charge in [0.05, 0.1) is 13.2 Å². The van der Waals surface area contributed by atoms with Crippen LogP contribution in [0.2, 0.25) is 0 Å². The highest BCUT2D eigenvalue weighted by atomic mass is 31.2. The molecule has 0 radical (unpaired) electrons. The predicted octanol–water partition coefficient (Wildman–Crippen LogP) is -1.30. The fourth-order valence-corrected chi connectivity index (χ4v) is 0. The SMILES string of the molecule is COP(=O)(O)O.OCCO. The Kier molecular flexibility index (Phi) is 9.06. The van der Waals surface area contributed by atoms with Crippen molar-refractivity contribution >= 4 is 7.82 Å². The quantitative estimate of drug-likeness (QED) is 0.387. The predicted molar refractivity (Wildman–Crippen MR) is 33.2 cm³/mol. The van der Waals surface area contributed by atoms with Gasteiger partial charge in [0.1, 0.15) is 0 Å². The van der Waals surface area contributed by atoms with E-state index >= 15 is 0 Å². The Labute approximate surface area is 58.3 Å². The molecule has 6 nitrogen and oxygen atoms in total. The van der Waals surface area contributed by atoms with E-state index in [0.717, 1.165) is 7.11 Å². The van der Waals surface area contributed by atoms with Gasteiger partial charge in [0, 0.05) is 7.11 Å². The van der Waals surface area contributed by atoms with Crippen LogP contribution in [0.15, 0.2) is 0 Å². The highest BCUT2D eigenvalue weighted by Gasteiger charge is 2.07. The number of hydrogen-bond donors (Lipinski definition) is 4. The van der Waals surface area contributed by atoms with Crippen LogP contribution in [-0.4, -0.2) is 40.3 Å². The van der Waals surface area contributed by atoms with Crippen LogP contribution < -0.4 is 0 Å². The second kappa shape index (κ2) is 7.14. The molecule has 0 amide bonds. The van der Waals surface area contributed by atoms with Crippen molar-refractivity contribution < 1.29 is 29.1 Å². The average molecular weight is 174 g/mol. The Morgan fingerprint density at radius 1 is 1.30 bits per heavy atom. The van der Waals surface area contributed by atoms with Gasteiger partial charge in [-0.1, -0.05) is 0 Å². The highest BCUT2D eigenvalue weighted by Crippen LogP contribution is 2.33. The van der Waals surface area contributed by atoms with E-state index in [0.29, 0.717) is 0 Å². The summed E-state index contributed by atoms with van der Waals surface area (Å²) in [5, 5.41) is 15.2. The number of hydrogen-bond acceptors (Lipinski definition) is 4. The fraction of sp³-hybridized carbons (Fsp3) is 1.00. The first-order valence-electron chi connectivity index (χ1n) is 2.31. The summed E-state index contributed by atoms with van der Waals surface area (Å²) in [6.45, 7) is -0.250. The van der Waals surface area contributed by atoms with Crippen LogP contribution in [0.4, 0.5) is 0 Å². The largest absolute Gasteiger partial charge is 0.469 e. The zero-order valence-electron chi connectivity index (χ0n) is 5.47. The summed E-state index contributed by atoms with van der Waals surface area (Å²) in [6, 6.07) is 0. The third-order valence-corrected chi connectivity index (χ3v) is 0.814. The molecule has 0 fully saturated rings. The van der Waals surface area contributed by atoms with Gasteiger partial charge in [-0.25, -0.2) is 4.57 Å². The maximum Gasteiger partial charge on any atom is 0.469 e. The molecule has 0 bridgehead atoms. The minimum Gasteiger partial charge on any atom is -0.394 e. The first kappa shape index (κ1) is 12.7. The summed E-state index contributed by atoms with van der Waals surface area (Å²) in [4.78, 5) is 15.4. The van der Waals surface area contributed by atoms with Crippen LogP contribution in [0.25, 0.3) is 0 Å². The minimum absolute atomic E-state index is 0.125. The summed E-state index contributed by atoms with van der Waals surface area (Å²) in [7, 11) is -3.20. The molecule has 0 saturated carbocycles. The van der Waals surface area contributed by atoms with Crippen LogP contribution in [0, 0.1) is 0 Å².